The number of hydrogen-bond donors (Lipinski definition) is 0. The van der Waals surface area contributed by atoms with E-state index in [0.717, 1.165) is 0 Å². The van der Waals surface area contributed by atoms with Crippen LogP contribution in [0.25, 0.3) is 0 Å². The Kier molecular flexibility index (Phi) is 32.4. The average Bonchev–Trinajstić information content (AvgIpc) is 2.18. The molecule has 0 aromatic heterocycles. The summed E-state index contributed by atoms with van der Waals surface area (Å²) in [6, 6.07) is 0. The zero-order valence-electron chi connectivity index (χ0n) is 11.8. The molecule has 0 N–H and O–H groups in total. The predicted octanol–water partition coefficient (Wildman–Crippen LogP) is -1.39. The Morgan fingerprint density at radius 1 is 0.632 bits per heavy atom. The van der Waals surface area contributed by atoms with Gasteiger partial charge in [0.05, 0.1) is 0 Å². The number of aliphatic carboxylic acids is 3. The molecular formula is C12H21LaO6. The molecular weight excluding hydrogens is 379 g/mol. The first-order chi connectivity index (χ1) is 8.31. The number of rotatable bonds is 6. The Morgan fingerprint density at radius 2 is 0.789 bits per heavy atom. The number of carboxylic acids is 3. The van der Waals surface area contributed by atoms with Gasteiger partial charge in [-0.15, -0.1) is 0 Å². The standard InChI is InChI=1S/3C4H8O2.La/c3*1-2-3-4(5)6;/h3*2-3H2,1H3,(H,5,6);/q;;;+3/p-3. The van der Waals surface area contributed by atoms with E-state index in [-0.39, 0.29) is 54.9 Å². The Morgan fingerprint density at radius 3 is 0.789 bits per heavy atom. The minimum absolute atomic E-state index is 0. The Labute approximate surface area is 142 Å². The Balaban J connectivity index is -0.0000000865. The van der Waals surface area contributed by atoms with Crippen molar-refractivity contribution in [2.45, 2.75) is 59.3 Å². The summed E-state index contributed by atoms with van der Waals surface area (Å²) in [5.41, 5.74) is 0. The number of carbonyl (C=O) groups is 3. The van der Waals surface area contributed by atoms with Crippen LogP contribution < -0.4 is 15.3 Å². The van der Waals surface area contributed by atoms with Crippen molar-refractivity contribution >= 4 is 17.9 Å². The third kappa shape index (κ3) is 57.9. The van der Waals surface area contributed by atoms with E-state index in [1.165, 1.54) is 0 Å². The maximum Gasteiger partial charge on any atom is 3.00 e. The van der Waals surface area contributed by atoms with E-state index in [9.17, 15) is 29.7 Å². The second-order valence-electron chi connectivity index (χ2n) is 3.37. The maximum atomic E-state index is 9.49. The van der Waals surface area contributed by atoms with E-state index in [1.807, 2.05) is 0 Å². The van der Waals surface area contributed by atoms with Crippen LogP contribution in [0.5, 0.6) is 0 Å². The van der Waals surface area contributed by atoms with Crippen molar-refractivity contribution < 1.29 is 65.3 Å². The van der Waals surface area contributed by atoms with Gasteiger partial charge in [0.1, 0.15) is 0 Å². The third-order valence-corrected chi connectivity index (χ3v) is 1.36. The van der Waals surface area contributed by atoms with Gasteiger partial charge in [-0.2, -0.15) is 0 Å². The van der Waals surface area contributed by atoms with Gasteiger partial charge in [-0.05, 0) is 19.3 Å². The maximum absolute atomic E-state index is 9.49. The third-order valence-electron chi connectivity index (χ3n) is 1.36. The molecule has 0 aromatic carbocycles. The summed E-state index contributed by atoms with van der Waals surface area (Å²) in [7, 11) is 0. The van der Waals surface area contributed by atoms with Crippen molar-refractivity contribution in [3.8, 4) is 0 Å². The molecule has 0 saturated heterocycles. The van der Waals surface area contributed by atoms with Crippen molar-refractivity contribution in [1.29, 1.82) is 0 Å². The van der Waals surface area contributed by atoms with Gasteiger partial charge in [0, 0.05) is 17.9 Å². The summed E-state index contributed by atoms with van der Waals surface area (Å²) < 4.78 is 0. The van der Waals surface area contributed by atoms with Gasteiger partial charge in [0.15, 0.2) is 0 Å². The van der Waals surface area contributed by atoms with Crippen LogP contribution in [0.4, 0.5) is 0 Å². The monoisotopic (exact) mass is 400 g/mol. The predicted molar refractivity (Wildman–Crippen MR) is 59.7 cm³/mol. The summed E-state index contributed by atoms with van der Waals surface area (Å²) in [5, 5.41) is 28.5. The van der Waals surface area contributed by atoms with E-state index in [0.29, 0.717) is 19.3 Å². The van der Waals surface area contributed by atoms with Gasteiger partial charge >= 0.3 is 35.6 Å². The molecule has 0 fully saturated rings. The van der Waals surface area contributed by atoms with E-state index < -0.39 is 17.9 Å². The minimum atomic E-state index is -0.961. The molecule has 0 aliphatic rings. The van der Waals surface area contributed by atoms with E-state index in [4.69, 9.17) is 0 Å². The van der Waals surface area contributed by atoms with Crippen molar-refractivity contribution in [1.82, 2.24) is 0 Å². The van der Waals surface area contributed by atoms with E-state index >= 15 is 0 Å². The van der Waals surface area contributed by atoms with Crippen LogP contribution >= 0.6 is 0 Å². The molecule has 0 bridgehead atoms. The van der Waals surface area contributed by atoms with Crippen LogP contribution in [0.15, 0.2) is 0 Å². The molecule has 7 heteroatoms. The second-order valence-corrected chi connectivity index (χ2v) is 3.37. The van der Waals surface area contributed by atoms with Crippen LogP contribution in [-0.4, -0.2) is 17.9 Å². The van der Waals surface area contributed by atoms with E-state index in [2.05, 4.69) is 0 Å². The fraction of sp³-hybridized carbons (Fsp3) is 0.750. The molecule has 0 rings (SSSR count). The Hall–Kier alpha value is -0.395. The normalized spacial score (nSPS) is 7.74. The summed E-state index contributed by atoms with van der Waals surface area (Å²) in [4.78, 5) is 28.5. The summed E-state index contributed by atoms with van der Waals surface area (Å²) in [5.74, 6) is -2.88. The first-order valence-electron chi connectivity index (χ1n) is 5.91. The molecule has 0 saturated carbocycles. The molecule has 0 spiro atoms. The van der Waals surface area contributed by atoms with Gasteiger partial charge in [0.2, 0.25) is 0 Å². The van der Waals surface area contributed by atoms with Crippen molar-refractivity contribution in [3.63, 3.8) is 0 Å². The smallest absolute Gasteiger partial charge is 0.550 e. The van der Waals surface area contributed by atoms with Crippen LogP contribution in [-0.2, 0) is 14.4 Å². The minimum Gasteiger partial charge on any atom is -0.550 e. The van der Waals surface area contributed by atoms with Gasteiger partial charge in [-0.25, -0.2) is 0 Å². The molecule has 6 nitrogen and oxygen atoms in total. The molecule has 0 unspecified atom stereocenters. The quantitative estimate of drug-likeness (QED) is 0.541. The van der Waals surface area contributed by atoms with Crippen LogP contribution in [0.3, 0.4) is 0 Å². The molecule has 0 aromatic rings. The van der Waals surface area contributed by atoms with E-state index in [1.54, 1.807) is 20.8 Å². The molecule has 0 aliphatic carbocycles. The molecule has 0 aliphatic heterocycles. The molecule has 0 heterocycles. The Bertz CT molecular complexity index is 192. The second kappa shape index (κ2) is 22.8. The number of hydrogen-bond acceptors (Lipinski definition) is 6. The summed E-state index contributed by atoms with van der Waals surface area (Å²) in [6.45, 7) is 5.40. The largest absolute Gasteiger partial charge is 3.00 e. The first kappa shape index (κ1) is 27.0. The summed E-state index contributed by atoms with van der Waals surface area (Å²) in [6.07, 6.45) is 2.55. The number of carboxylic acid groups (broad SMARTS) is 3. The molecule has 108 valence electrons. The molecule has 0 atom stereocenters. The average molecular weight is 400 g/mol. The first-order valence-corrected chi connectivity index (χ1v) is 5.91. The van der Waals surface area contributed by atoms with Gasteiger partial charge in [-0.3, -0.25) is 0 Å². The van der Waals surface area contributed by atoms with Crippen molar-refractivity contribution in [2.24, 2.45) is 0 Å². The zero-order chi connectivity index (χ0) is 15.0. The van der Waals surface area contributed by atoms with Gasteiger partial charge < -0.3 is 29.7 Å². The van der Waals surface area contributed by atoms with Crippen LogP contribution in [0.2, 0.25) is 0 Å². The van der Waals surface area contributed by atoms with Gasteiger partial charge in [0.25, 0.3) is 0 Å². The van der Waals surface area contributed by atoms with Crippen LogP contribution in [0.1, 0.15) is 59.3 Å². The van der Waals surface area contributed by atoms with Crippen molar-refractivity contribution in [3.05, 3.63) is 0 Å². The fourth-order valence-electron chi connectivity index (χ4n) is 0.612. The topological polar surface area (TPSA) is 120 Å². The fourth-order valence-corrected chi connectivity index (χ4v) is 0.612. The van der Waals surface area contributed by atoms with Crippen molar-refractivity contribution in [2.75, 3.05) is 0 Å². The molecule has 0 radical (unpaired) electrons. The van der Waals surface area contributed by atoms with Gasteiger partial charge in [-0.1, -0.05) is 40.0 Å². The molecule has 0 amide bonds. The van der Waals surface area contributed by atoms with Crippen LogP contribution in [0, 0.1) is 35.6 Å². The molecule has 19 heavy (non-hydrogen) atoms. The number of carbonyl (C=O) groups excluding carboxylic acids is 3. The summed E-state index contributed by atoms with van der Waals surface area (Å²) >= 11 is 0. The zero-order valence-corrected chi connectivity index (χ0v) is 15.4. The SMILES string of the molecule is CCCC(=O)[O-].CCCC(=O)[O-].CCCC(=O)[O-].[La+3].